The molecule has 1 heteroatoms. The van der Waals surface area contributed by atoms with Crippen molar-refractivity contribution < 1.29 is 0 Å². The molecule has 1 nitrogen and oxygen atoms in total. The minimum absolute atomic E-state index is 0.474. The first-order valence-electron chi connectivity index (χ1n) is 7.66. The van der Waals surface area contributed by atoms with Gasteiger partial charge in [-0.05, 0) is 50.1 Å². The zero-order valence-electron chi connectivity index (χ0n) is 11.5. The van der Waals surface area contributed by atoms with Gasteiger partial charge in [-0.1, -0.05) is 43.7 Å². The molecule has 1 aromatic rings. The highest BCUT2D eigenvalue weighted by molar-refractivity contribution is 5.34. The summed E-state index contributed by atoms with van der Waals surface area (Å²) in [5.74, 6) is 0.930. The van der Waals surface area contributed by atoms with Gasteiger partial charge < -0.3 is 5.32 Å². The summed E-state index contributed by atoms with van der Waals surface area (Å²) in [4.78, 5) is 0. The van der Waals surface area contributed by atoms with Gasteiger partial charge in [-0.2, -0.15) is 0 Å². The van der Waals surface area contributed by atoms with E-state index in [0.29, 0.717) is 5.41 Å². The topological polar surface area (TPSA) is 12.0 Å². The molecule has 1 atom stereocenters. The Morgan fingerprint density at radius 1 is 1.22 bits per heavy atom. The van der Waals surface area contributed by atoms with Crippen LogP contribution in [0.25, 0.3) is 0 Å². The molecule has 3 rings (SSSR count). The largest absolute Gasteiger partial charge is 0.313 e. The molecule has 1 unspecified atom stereocenters. The second-order valence-electron chi connectivity index (χ2n) is 6.14. The lowest BCUT2D eigenvalue weighted by Gasteiger charge is -2.40. The Bertz CT molecular complexity index is 376. The Labute approximate surface area is 111 Å². The molecule has 2 saturated carbocycles. The number of rotatable bonds is 6. The quantitative estimate of drug-likeness (QED) is 0.799. The van der Waals surface area contributed by atoms with Crippen LogP contribution in [-0.4, -0.2) is 12.6 Å². The summed E-state index contributed by atoms with van der Waals surface area (Å²) in [6.07, 6.45) is 8.34. The van der Waals surface area contributed by atoms with Crippen molar-refractivity contribution in [3.63, 3.8) is 0 Å². The summed E-state index contributed by atoms with van der Waals surface area (Å²) in [6, 6.07) is 11.9. The minimum Gasteiger partial charge on any atom is -0.313 e. The van der Waals surface area contributed by atoms with Crippen molar-refractivity contribution in [3.8, 4) is 0 Å². The van der Waals surface area contributed by atoms with E-state index in [2.05, 4.69) is 42.6 Å². The lowest BCUT2D eigenvalue weighted by molar-refractivity contribution is 0.194. The molecule has 0 saturated heterocycles. The summed E-state index contributed by atoms with van der Waals surface area (Å²) in [5.41, 5.74) is 2.05. The molecule has 1 aromatic carbocycles. The van der Waals surface area contributed by atoms with Crippen LogP contribution in [0.2, 0.25) is 0 Å². The fourth-order valence-electron chi connectivity index (χ4n) is 3.57. The van der Waals surface area contributed by atoms with Crippen LogP contribution in [0.5, 0.6) is 0 Å². The highest BCUT2D eigenvalue weighted by atomic mass is 15.0. The Balaban J connectivity index is 1.80. The average Bonchev–Trinajstić information content (AvgIpc) is 3.14. The molecular weight excluding hydrogens is 218 g/mol. The van der Waals surface area contributed by atoms with Gasteiger partial charge in [0.25, 0.3) is 0 Å². The summed E-state index contributed by atoms with van der Waals surface area (Å²) < 4.78 is 0. The third kappa shape index (κ3) is 2.09. The molecule has 0 aliphatic heterocycles. The van der Waals surface area contributed by atoms with Crippen molar-refractivity contribution in [1.82, 2.24) is 5.32 Å². The lowest BCUT2D eigenvalue weighted by atomic mass is 9.71. The van der Waals surface area contributed by atoms with Crippen molar-refractivity contribution in [2.24, 2.45) is 5.92 Å². The van der Waals surface area contributed by atoms with Crippen LogP contribution in [0.1, 0.15) is 51.0 Å². The highest BCUT2D eigenvalue weighted by Crippen LogP contribution is 2.55. The van der Waals surface area contributed by atoms with Crippen molar-refractivity contribution >= 4 is 0 Å². The summed E-state index contributed by atoms with van der Waals surface area (Å²) in [6.45, 7) is 3.45. The molecule has 0 heterocycles. The Hall–Kier alpha value is -0.820. The third-order valence-corrected chi connectivity index (χ3v) is 4.97. The first-order valence-corrected chi connectivity index (χ1v) is 7.66. The predicted octanol–water partition coefficient (Wildman–Crippen LogP) is 3.89. The maximum Gasteiger partial charge on any atom is 0.0192 e. The molecule has 2 fully saturated rings. The van der Waals surface area contributed by atoms with Crippen molar-refractivity contribution in [3.05, 3.63) is 35.9 Å². The highest BCUT2D eigenvalue weighted by Gasteiger charge is 2.53. The van der Waals surface area contributed by atoms with E-state index < -0.39 is 0 Å². The zero-order valence-corrected chi connectivity index (χ0v) is 11.5. The predicted molar refractivity (Wildman–Crippen MR) is 76.8 cm³/mol. The maximum atomic E-state index is 3.87. The average molecular weight is 243 g/mol. The smallest absolute Gasteiger partial charge is 0.0192 e. The Kier molecular flexibility index (Phi) is 3.43. The van der Waals surface area contributed by atoms with Gasteiger partial charge in [0.15, 0.2) is 0 Å². The molecule has 2 aliphatic carbocycles. The first-order chi connectivity index (χ1) is 8.87. The van der Waals surface area contributed by atoms with Gasteiger partial charge >= 0.3 is 0 Å². The van der Waals surface area contributed by atoms with E-state index in [4.69, 9.17) is 0 Å². The van der Waals surface area contributed by atoms with Crippen molar-refractivity contribution in [1.29, 1.82) is 0 Å². The number of hydrogen-bond donors (Lipinski definition) is 1. The summed E-state index contributed by atoms with van der Waals surface area (Å²) >= 11 is 0. The molecule has 0 bridgehead atoms. The number of benzene rings is 1. The SMILES string of the molecule is CCCNC(C1CCC1)C1(c2ccccc2)CC1. The monoisotopic (exact) mass is 243 g/mol. The Morgan fingerprint density at radius 3 is 2.44 bits per heavy atom. The Morgan fingerprint density at radius 2 is 1.94 bits per heavy atom. The van der Waals surface area contributed by atoms with Gasteiger partial charge in [-0.3, -0.25) is 0 Å². The lowest BCUT2D eigenvalue weighted by Crippen LogP contribution is -2.48. The van der Waals surface area contributed by atoms with Crippen molar-refractivity contribution in [2.45, 2.75) is 56.9 Å². The van der Waals surface area contributed by atoms with E-state index in [9.17, 15) is 0 Å². The van der Waals surface area contributed by atoms with Crippen LogP contribution < -0.4 is 5.32 Å². The molecule has 0 aromatic heterocycles. The second-order valence-corrected chi connectivity index (χ2v) is 6.14. The van der Waals surface area contributed by atoms with Crippen molar-refractivity contribution in [2.75, 3.05) is 6.54 Å². The van der Waals surface area contributed by atoms with E-state index in [1.807, 2.05) is 0 Å². The van der Waals surface area contributed by atoms with Gasteiger partial charge in [0, 0.05) is 11.5 Å². The van der Waals surface area contributed by atoms with Crippen LogP contribution in [0.3, 0.4) is 0 Å². The zero-order chi connectivity index (χ0) is 12.4. The van der Waals surface area contributed by atoms with Crippen LogP contribution in [0.15, 0.2) is 30.3 Å². The normalized spacial score (nSPS) is 23.4. The van der Waals surface area contributed by atoms with E-state index in [1.165, 1.54) is 45.1 Å². The van der Waals surface area contributed by atoms with Crippen LogP contribution in [0, 0.1) is 5.92 Å². The van der Waals surface area contributed by atoms with E-state index in [-0.39, 0.29) is 0 Å². The number of nitrogens with one attached hydrogen (secondary N) is 1. The fourth-order valence-corrected chi connectivity index (χ4v) is 3.57. The maximum absolute atomic E-state index is 3.87. The molecule has 18 heavy (non-hydrogen) atoms. The van der Waals surface area contributed by atoms with E-state index in [1.54, 1.807) is 5.56 Å². The van der Waals surface area contributed by atoms with Crippen LogP contribution in [-0.2, 0) is 5.41 Å². The summed E-state index contributed by atoms with van der Waals surface area (Å²) in [5, 5.41) is 3.87. The fraction of sp³-hybridized carbons (Fsp3) is 0.647. The summed E-state index contributed by atoms with van der Waals surface area (Å²) in [7, 11) is 0. The molecular formula is C17H25N. The van der Waals surface area contributed by atoms with Gasteiger partial charge in [0.1, 0.15) is 0 Å². The minimum atomic E-state index is 0.474. The van der Waals surface area contributed by atoms with Crippen LogP contribution >= 0.6 is 0 Å². The van der Waals surface area contributed by atoms with Gasteiger partial charge in [0.2, 0.25) is 0 Å². The molecule has 0 amide bonds. The number of hydrogen-bond acceptors (Lipinski definition) is 1. The van der Waals surface area contributed by atoms with E-state index in [0.717, 1.165) is 12.0 Å². The van der Waals surface area contributed by atoms with Gasteiger partial charge in [-0.25, -0.2) is 0 Å². The van der Waals surface area contributed by atoms with Crippen LogP contribution in [0.4, 0.5) is 0 Å². The molecule has 0 radical (unpaired) electrons. The molecule has 98 valence electrons. The second kappa shape index (κ2) is 5.05. The standard InChI is InChI=1S/C17H25N/c1-2-13-18-16(14-7-6-8-14)17(11-12-17)15-9-4-3-5-10-15/h3-5,9-10,14,16,18H,2,6-8,11-13H2,1H3. The van der Waals surface area contributed by atoms with E-state index >= 15 is 0 Å². The van der Waals surface area contributed by atoms with Gasteiger partial charge in [-0.15, -0.1) is 0 Å². The first kappa shape index (κ1) is 12.2. The third-order valence-electron chi connectivity index (χ3n) is 4.97. The van der Waals surface area contributed by atoms with Gasteiger partial charge in [0.05, 0.1) is 0 Å². The molecule has 1 N–H and O–H groups in total. The molecule has 2 aliphatic rings. The molecule has 0 spiro atoms.